The van der Waals surface area contributed by atoms with Gasteiger partial charge in [0.25, 0.3) is 0 Å². The number of hydrogen-bond donors (Lipinski definition) is 1. The van der Waals surface area contributed by atoms with Gasteiger partial charge in [0.05, 0.1) is 13.3 Å². The number of hydrogen-bond acceptors (Lipinski definition) is 5. The van der Waals surface area contributed by atoms with Gasteiger partial charge in [0.2, 0.25) is 0 Å². The number of aryl methyl sites for hydroxylation is 1. The van der Waals surface area contributed by atoms with Crippen molar-refractivity contribution >= 4 is 12.0 Å². The standard InChI is InChI=1S/C14H15N3O4/c1-17-8-11(15-16-17)9-21-14-10(6-7-13(18)19)4-3-5-12(14)20-2/h3-8H,9H2,1-2H3,(H,18,19)/b7-6+. The van der Waals surface area contributed by atoms with Crippen molar-refractivity contribution in [1.82, 2.24) is 15.0 Å². The van der Waals surface area contributed by atoms with E-state index in [4.69, 9.17) is 14.6 Å². The Kier molecular flexibility index (Phi) is 4.55. The molecule has 1 N–H and O–H groups in total. The van der Waals surface area contributed by atoms with Gasteiger partial charge in [0.1, 0.15) is 12.3 Å². The molecule has 0 aliphatic rings. The van der Waals surface area contributed by atoms with Crippen LogP contribution < -0.4 is 9.47 Å². The number of benzene rings is 1. The number of aromatic nitrogens is 3. The van der Waals surface area contributed by atoms with Crippen LogP contribution in [0.1, 0.15) is 11.3 Å². The van der Waals surface area contributed by atoms with E-state index >= 15 is 0 Å². The van der Waals surface area contributed by atoms with Crippen molar-refractivity contribution in [3.63, 3.8) is 0 Å². The van der Waals surface area contributed by atoms with Crippen molar-refractivity contribution in [1.29, 1.82) is 0 Å². The normalized spacial score (nSPS) is 10.8. The molecule has 0 saturated carbocycles. The summed E-state index contributed by atoms with van der Waals surface area (Å²) < 4.78 is 12.5. The topological polar surface area (TPSA) is 86.5 Å². The highest BCUT2D eigenvalue weighted by Gasteiger charge is 2.10. The molecule has 0 saturated heterocycles. The minimum absolute atomic E-state index is 0.210. The number of carboxylic acids is 1. The Labute approximate surface area is 121 Å². The average Bonchev–Trinajstić information content (AvgIpc) is 2.88. The Hall–Kier alpha value is -2.83. The van der Waals surface area contributed by atoms with Crippen molar-refractivity contribution in [3.8, 4) is 11.5 Å². The molecule has 110 valence electrons. The zero-order valence-electron chi connectivity index (χ0n) is 11.7. The van der Waals surface area contributed by atoms with Gasteiger partial charge in [-0.1, -0.05) is 17.3 Å². The minimum Gasteiger partial charge on any atom is -0.493 e. The van der Waals surface area contributed by atoms with Crippen molar-refractivity contribution in [2.75, 3.05) is 7.11 Å². The fourth-order valence-electron chi connectivity index (χ4n) is 1.75. The smallest absolute Gasteiger partial charge is 0.328 e. The van der Waals surface area contributed by atoms with Gasteiger partial charge in [-0.05, 0) is 12.1 Å². The molecule has 21 heavy (non-hydrogen) atoms. The molecule has 2 rings (SSSR count). The molecule has 0 unspecified atom stereocenters. The molecule has 1 heterocycles. The van der Waals surface area contributed by atoms with Gasteiger partial charge in [0.15, 0.2) is 11.5 Å². The summed E-state index contributed by atoms with van der Waals surface area (Å²) in [5, 5.41) is 16.5. The van der Waals surface area contributed by atoms with Gasteiger partial charge in [-0.3, -0.25) is 4.68 Å². The number of para-hydroxylation sites is 1. The second-order valence-electron chi connectivity index (χ2n) is 4.22. The summed E-state index contributed by atoms with van der Waals surface area (Å²) in [7, 11) is 3.29. The summed E-state index contributed by atoms with van der Waals surface area (Å²) in [5.41, 5.74) is 1.28. The highest BCUT2D eigenvalue weighted by atomic mass is 16.5. The van der Waals surface area contributed by atoms with Gasteiger partial charge in [-0.25, -0.2) is 4.79 Å². The lowest BCUT2D eigenvalue weighted by Gasteiger charge is -2.12. The zero-order chi connectivity index (χ0) is 15.2. The fraction of sp³-hybridized carbons (Fsp3) is 0.214. The Balaban J connectivity index is 2.24. The molecular weight excluding hydrogens is 274 g/mol. The summed E-state index contributed by atoms with van der Waals surface area (Å²) in [5.74, 6) is -0.0488. The number of nitrogens with zero attached hydrogens (tertiary/aromatic N) is 3. The number of methoxy groups -OCH3 is 1. The van der Waals surface area contributed by atoms with Crippen LogP contribution >= 0.6 is 0 Å². The van der Waals surface area contributed by atoms with E-state index in [0.717, 1.165) is 6.08 Å². The van der Waals surface area contributed by atoms with Gasteiger partial charge < -0.3 is 14.6 Å². The summed E-state index contributed by atoms with van der Waals surface area (Å²) in [6.07, 6.45) is 4.24. The Morgan fingerprint density at radius 3 is 2.90 bits per heavy atom. The quantitative estimate of drug-likeness (QED) is 0.811. The first-order chi connectivity index (χ1) is 10.1. The zero-order valence-corrected chi connectivity index (χ0v) is 11.7. The van der Waals surface area contributed by atoms with E-state index in [1.54, 1.807) is 36.1 Å². The average molecular weight is 289 g/mol. The van der Waals surface area contributed by atoms with E-state index in [0.29, 0.717) is 22.8 Å². The third kappa shape index (κ3) is 3.82. The molecule has 1 aromatic carbocycles. The SMILES string of the molecule is COc1cccc(/C=C/C(=O)O)c1OCc1cn(C)nn1. The lowest BCUT2D eigenvalue weighted by atomic mass is 10.1. The monoisotopic (exact) mass is 289 g/mol. The summed E-state index contributed by atoms with van der Waals surface area (Å²) in [4.78, 5) is 10.6. The molecule has 0 radical (unpaired) electrons. The first-order valence-electron chi connectivity index (χ1n) is 6.16. The van der Waals surface area contributed by atoms with E-state index in [-0.39, 0.29) is 6.61 Å². The van der Waals surface area contributed by atoms with Gasteiger partial charge in [-0.15, -0.1) is 5.10 Å². The summed E-state index contributed by atoms with van der Waals surface area (Å²) >= 11 is 0. The van der Waals surface area contributed by atoms with Crippen molar-refractivity contribution in [2.45, 2.75) is 6.61 Å². The highest BCUT2D eigenvalue weighted by molar-refractivity contribution is 5.86. The maximum Gasteiger partial charge on any atom is 0.328 e. The van der Waals surface area contributed by atoms with Crippen LogP contribution in [-0.4, -0.2) is 33.2 Å². The molecule has 0 aliphatic heterocycles. The molecule has 0 fully saturated rings. The number of carboxylic acid groups (broad SMARTS) is 1. The van der Waals surface area contributed by atoms with Gasteiger partial charge in [-0.2, -0.15) is 0 Å². The van der Waals surface area contributed by atoms with Crippen molar-refractivity contribution in [3.05, 3.63) is 41.7 Å². The number of ether oxygens (including phenoxy) is 2. The predicted octanol–water partition coefficient (Wildman–Crippen LogP) is 1.50. The molecule has 7 heteroatoms. The molecule has 2 aromatic rings. The van der Waals surface area contributed by atoms with E-state index in [9.17, 15) is 4.79 Å². The number of aliphatic carboxylic acids is 1. The van der Waals surface area contributed by atoms with E-state index in [2.05, 4.69) is 10.3 Å². The van der Waals surface area contributed by atoms with Crippen LogP contribution in [-0.2, 0) is 18.4 Å². The maximum atomic E-state index is 10.6. The second-order valence-corrected chi connectivity index (χ2v) is 4.22. The van der Waals surface area contributed by atoms with Crippen LogP contribution in [0.4, 0.5) is 0 Å². The first-order valence-corrected chi connectivity index (χ1v) is 6.16. The molecule has 0 atom stereocenters. The minimum atomic E-state index is -1.03. The van der Waals surface area contributed by atoms with Crippen LogP contribution in [0, 0.1) is 0 Å². The van der Waals surface area contributed by atoms with Crippen molar-refractivity contribution < 1.29 is 19.4 Å². The highest BCUT2D eigenvalue weighted by Crippen LogP contribution is 2.32. The summed E-state index contributed by atoms with van der Waals surface area (Å²) in [6, 6.07) is 5.24. The predicted molar refractivity (Wildman–Crippen MR) is 75.0 cm³/mol. The Morgan fingerprint density at radius 1 is 1.48 bits per heavy atom. The largest absolute Gasteiger partial charge is 0.493 e. The molecule has 0 amide bonds. The second kappa shape index (κ2) is 6.56. The third-order valence-corrected chi connectivity index (χ3v) is 2.65. The van der Waals surface area contributed by atoms with E-state index in [1.165, 1.54) is 13.2 Å². The lowest BCUT2D eigenvalue weighted by molar-refractivity contribution is -0.131. The Bertz CT molecular complexity index is 664. The van der Waals surface area contributed by atoms with Crippen LogP contribution in [0.5, 0.6) is 11.5 Å². The number of rotatable bonds is 6. The van der Waals surface area contributed by atoms with Gasteiger partial charge in [0, 0.05) is 18.7 Å². The third-order valence-electron chi connectivity index (χ3n) is 2.65. The summed E-state index contributed by atoms with van der Waals surface area (Å²) in [6.45, 7) is 0.210. The molecule has 0 aliphatic carbocycles. The van der Waals surface area contributed by atoms with Crippen molar-refractivity contribution in [2.24, 2.45) is 7.05 Å². The van der Waals surface area contributed by atoms with E-state index < -0.39 is 5.97 Å². The molecule has 0 bridgehead atoms. The van der Waals surface area contributed by atoms with Gasteiger partial charge >= 0.3 is 5.97 Å². The maximum absolute atomic E-state index is 10.6. The van der Waals surface area contributed by atoms with Crippen LogP contribution in [0.15, 0.2) is 30.5 Å². The van der Waals surface area contributed by atoms with Crippen LogP contribution in [0.3, 0.4) is 0 Å². The van der Waals surface area contributed by atoms with Crippen LogP contribution in [0.25, 0.3) is 6.08 Å². The lowest BCUT2D eigenvalue weighted by Crippen LogP contribution is -2.00. The molecule has 7 nitrogen and oxygen atoms in total. The van der Waals surface area contributed by atoms with E-state index in [1.807, 2.05) is 0 Å². The molecule has 0 spiro atoms. The molecule has 1 aromatic heterocycles. The first kappa shape index (κ1) is 14.6. The molecular formula is C14H15N3O4. The Morgan fingerprint density at radius 2 is 2.29 bits per heavy atom. The van der Waals surface area contributed by atoms with Crippen LogP contribution in [0.2, 0.25) is 0 Å². The fourth-order valence-corrected chi connectivity index (χ4v) is 1.75. The number of carbonyl (C=O) groups is 1.